The fourth-order valence-electron chi connectivity index (χ4n) is 2.40. The molecule has 4 amide bonds. The minimum Gasteiger partial charge on any atom is -0.435 e. The molecule has 1 aromatic rings. The van der Waals surface area contributed by atoms with E-state index in [0.717, 1.165) is 4.90 Å². The van der Waals surface area contributed by atoms with Gasteiger partial charge in [0.1, 0.15) is 17.8 Å². The van der Waals surface area contributed by atoms with Crippen molar-refractivity contribution in [1.82, 2.24) is 15.5 Å². The minimum atomic E-state index is -2.95. The Balaban J connectivity index is 2.19. The third-order valence-electron chi connectivity index (χ3n) is 3.61. The summed E-state index contributed by atoms with van der Waals surface area (Å²) in [5, 5.41) is 5.03. The van der Waals surface area contributed by atoms with Gasteiger partial charge in [-0.15, -0.1) is 0 Å². The average Bonchev–Trinajstić information content (AvgIpc) is 2.72. The maximum Gasteiger partial charge on any atom is 0.387 e. The summed E-state index contributed by atoms with van der Waals surface area (Å²) in [6.45, 7) is 0.239. The van der Waals surface area contributed by atoms with Gasteiger partial charge >= 0.3 is 12.6 Å². The van der Waals surface area contributed by atoms with E-state index in [0.29, 0.717) is 12.1 Å². The molecule has 0 unspecified atom stereocenters. The number of amides is 4. The molecule has 0 radical (unpaired) electrons. The van der Waals surface area contributed by atoms with Gasteiger partial charge in [-0.1, -0.05) is 12.1 Å². The van der Waals surface area contributed by atoms with E-state index in [4.69, 9.17) is 0 Å². The molecule has 2 N–H and O–H groups in total. The number of rotatable bonds is 6. The van der Waals surface area contributed by atoms with Crippen LogP contribution in [0.25, 0.3) is 0 Å². The summed E-state index contributed by atoms with van der Waals surface area (Å²) in [4.78, 5) is 37.0. The largest absolute Gasteiger partial charge is 0.435 e. The van der Waals surface area contributed by atoms with Crippen LogP contribution < -0.4 is 15.4 Å². The molecule has 0 saturated carbocycles. The number of imide groups is 1. The van der Waals surface area contributed by atoms with Crippen LogP contribution in [0, 0.1) is 0 Å². The summed E-state index contributed by atoms with van der Waals surface area (Å²) in [5.74, 6) is -1.11. The number of nitrogens with one attached hydrogen (secondary N) is 2. The molecule has 24 heavy (non-hydrogen) atoms. The molecule has 1 aliphatic heterocycles. The van der Waals surface area contributed by atoms with Crippen LogP contribution in [-0.4, -0.2) is 42.4 Å². The molecule has 9 heteroatoms. The zero-order valence-electron chi connectivity index (χ0n) is 13.1. The van der Waals surface area contributed by atoms with Gasteiger partial charge in [0.15, 0.2) is 0 Å². The Morgan fingerprint density at radius 2 is 1.96 bits per heavy atom. The lowest BCUT2D eigenvalue weighted by Crippen LogP contribution is -2.43. The standard InChI is InChI=1S/C15H17F2N3O4/c1-3-18-11(21)8-20-12(22)15(2,19-14(20)23)9-4-6-10(7-5-9)24-13(16)17/h4-7,13H,3,8H2,1-2H3,(H,18,21)(H,19,23)/t15-/m0/s1. The highest BCUT2D eigenvalue weighted by Crippen LogP contribution is 2.30. The zero-order chi connectivity index (χ0) is 17.9. The predicted molar refractivity (Wildman–Crippen MR) is 79.4 cm³/mol. The highest BCUT2D eigenvalue weighted by Gasteiger charge is 2.49. The Bertz CT molecular complexity index is 651. The van der Waals surface area contributed by atoms with Crippen LogP contribution in [0.2, 0.25) is 0 Å². The van der Waals surface area contributed by atoms with Crippen molar-refractivity contribution in [3.05, 3.63) is 29.8 Å². The molecule has 1 aliphatic rings. The lowest BCUT2D eigenvalue weighted by Gasteiger charge is -2.22. The second-order valence-electron chi connectivity index (χ2n) is 5.30. The molecule has 1 aromatic carbocycles. The number of carbonyl (C=O) groups is 3. The second kappa shape index (κ2) is 6.81. The van der Waals surface area contributed by atoms with Crippen LogP contribution >= 0.6 is 0 Å². The molecule has 1 fully saturated rings. The van der Waals surface area contributed by atoms with Crippen LogP contribution in [0.4, 0.5) is 13.6 Å². The number of alkyl halides is 2. The van der Waals surface area contributed by atoms with E-state index in [1.54, 1.807) is 6.92 Å². The number of hydrogen-bond acceptors (Lipinski definition) is 4. The minimum absolute atomic E-state index is 0.0618. The predicted octanol–water partition coefficient (Wildman–Crippen LogP) is 1.19. The number of benzene rings is 1. The summed E-state index contributed by atoms with van der Waals surface area (Å²) in [5.41, 5.74) is -0.992. The molecular formula is C15H17F2N3O4. The number of hydrogen-bond donors (Lipinski definition) is 2. The molecule has 0 aliphatic carbocycles. The fraction of sp³-hybridized carbons (Fsp3) is 0.400. The van der Waals surface area contributed by atoms with Gasteiger partial charge in [-0.3, -0.25) is 14.5 Å². The van der Waals surface area contributed by atoms with Crippen molar-refractivity contribution in [1.29, 1.82) is 0 Å². The van der Waals surface area contributed by atoms with Crippen molar-refractivity contribution in [3.8, 4) is 5.75 Å². The fourth-order valence-corrected chi connectivity index (χ4v) is 2.40. The van der Waals surface area contributed by atoms with Gasteiger partial charge in [-0.25, -0.2) is 4.79 Å². The van der Waals surface area contributed by atoms with Crippen molar-refractivity contribution < 1.29 is 27.9 Å². The lowest BCUT2D eigenvalue weighted by atomic mass is 9.92. The second-order valence-corrected chi connectivity index (χ2v) is 5.30. The first-order chi connectivity index (χ1) is 11.3. The summed E-state index contributed by atoms with van der Waals surface area (Å²) in [6.07, 6.45) is 0. The number of likely N-dealkylation sites (N-methyl/N-ethyl adjacent to an activating group) is 1. The highest BCUT2D eigenvalue weighted by atomic mass is 19.3. The summed E-state index contributed by atoms with van der Waals surface area (Å²) in [6, 6.07) is 4.68. The van der Waals surface area contributed by atoms with Gasteiger partial charge < -0.3 is 15.4 Å². The molecule has 1 heterocycles. The first-order valence-corrected chi connectivity index (χ1v) is 7.24. The molecular weight excluding hydrogens is 324 g/mol. The number of carbonyl (C=O) groups excluding carboxylic acids is 3. The molecule has 0 spiro atoms. The van der Waals surface area contributed by atoms with Crippen LogP contribution in [0.1, 0.15) is 19.4 Å². The van der Waals surface area contributed by atoms with E-state index >= 15 is 0 Å². The van der Waals surface area contributed by atoms with Gasteiger partial charge in [0, 0.05) is 6.54 Å². The van der Waals surface area contributed by atoms with Crippen molar-refractivity contribution in [2.45, 2.75) is 26.0 Å². The molecule has 1 saturated heterocycles. The molecule has 130 valence electrons. The number of halogens is 2. The quantitative estimate of drug-likeness (QED) is 0.761. The van der Waals surface area contributed by atoms with Crippen LogP contribution in [-0.2, 0) is 15.1 Å². The molecule has 7 nitrogen and oxygen atoms in total. The van der Waals surface area contributed by atoms with Gasteiger partial charge in [-0.2, -0.15) is 8.78 Å². The highest BCUT2D eigenvalue weighted by molar-refractivity contribution is 6.09. The Labute approximate surface area is 136 Å². The Kier molecular flexibility index (Phi) is 5.01. The van der Waals surface area contributed by atoms with Gasteiger partial charge in [-0.05, 0) is 31.5 Å². The topological polar surface area (TPSA) is 87.7 Å². The van der Waals surface area contributed by atoms with Crippen LogP contribution in [0.15, 0.2) is 24.3 Å². The van der Waals surface area contributed by atoms with Gasteiger partial charge in [0.2, 0.25) is 5.91 Å². The summed E-state index contributed by atoms with van der Waals surface area (Å²) >= 11 is 0. The number of ether oxygens (including phenoxy) is 1. The van der Waals surface area contributed by atoms with Gasteiger partial charge in [0.25, 0.3) is 5.91 Å². The number of urea groups is 1. The normalized spacial score (nSPS) is 20.3. The average molecular weight is 341 g/mol. The monoisotopic (exact) mass is 341 g/mol. The van der Waals surface area contributed by atoms with Crippen molar-refractivity contribution in [2.24, 2.45) is 0 Å². The van der Waals surface area contributed by atoms with E-state index in [1.165, 1.54) is 31.2 Å². The Morgan fingerprint density at radius 1 is 1.33 bits per heavy atom. The molecule has 0 aromatic heterocycles. The maximum absolute atomic E-state index is 12.6. The molecule has 0 bridgehead atoms. The number of nitrogens with zero attached hydrogens (tertiary/aromatic N) is 1. The lowest BCUT2D eigenvalue weighted by molar-refractivity contribution is -0.134. The van der Waals surface area contributed by atoms with E-state index < -0.39 is 30.0 Å². The van der Waals surface area contributed by atoms with Crippen LogP contribution in [0.5, 0.6) is 5.75 Å². The SMILES string of the molecule is CCNC(=O)CN1C(=O)N[C@@](C)(c2ccc(OC(F)F)cc2)C1=O. The zero-order valence-corrected chi connectivity index (χ0v) is 13.1. The van der Waals surface area contributed by atoms with Crippen LogP contribution in [0.3, 0.4) is 0 Å². The third kappa shape index (κ3) is 3.44. The van der Waals surface area contributed by atoms with Gasteiger partial charge in [0.05, 0.1) is 0 Å². The first kappa shape index (κ1) is 17.6. The van der Waals surface area contributed by atoms with E-state index in [9.17, 15) is 23.2 Å². The Morgan fingerprint density at radius 3 is 2.50 bits per heavy atom. The van der Waals surface area contributed by atoms with Crippen molar-refractivity contribution in [2.75, 3.05) is 13.1 Å². The maximum atomic E-state index is 12.6. The third-order valence-corrected chi connectivity index (χ3v) is 3.61. The Hall–Kier alpha value is -2.71. The first-order valence-electron chi connectivity index (χ1n) is 7.24. The van der Waals surface area contributed by atoms with E-state index in [-0.39, 0.29) is 12.3 Å². The van der Waals surface area contributed by atoms with E-state index in [2.05, 4.69) is 15.4 Å². The smallest absolute Gasteiger partial charge is 0.387 e. The van der Waals surface area contributed by atoms with Crippen molar-refractivity contribution >= 4 is 17.8 Å². The van der Waals surface area contributed by atoms with E-state index in [1.807, 2.05) is 0 Å². The molecule has 2 rings (SSSR count). The summed E-state index contributed by atoms with van der Waals surface area (Å²) in [7, 11) is 0. The van der Waals surface area contributed by atoms with Crippen molar-refractivity contribution in [3.63, 3.8) is 0 Å². The summed E-state index contributed by atoms with van der Waals surface area (Å²) < 4.78 is 28.6. The molecule has 1 atom stereocenters.